The molecule has 0 spiro atoms. The van der Waals surface area contributed by atoms with E-state index >= 15 is 0 Å². The van der Waals surface area contributed by atoms with Gasteiger partial charge in [0.05, 0.1) is 41.1 Å². The molecule has 0 saturated heterocycles. The van der Waals surface area contributed by atoms with Crippen LogP contribution >= 0.6 is 0 Å². The number of hydrogen-bond donors (Lipinski definition) is 0. The molecule has 0 aliphatic rings. The highest BCUT2D eigenvalue weighted by atomic mass is 16.6. The van der Waals surface area contributed by atoms with Crippen LogP contribution < -0.4 is 23.7 Å². The summed E-state index contributed by atoms with van der Waals surface area (Å²) in [5, 5.41) is 0. The van der Waals surface area contributed by atoms with Crippen LogP contribution in [0.15, 0.2) is 60.7 Å². The predicted octanol–water partition coefficient (Wildman–Crippen LogP) is 4.91. The minimum absolute atomic E-state index is 0.170. The lowest BCUT2D eigenvalue weighted by Crippen LogP contribution is -2.11. The van der Waals surface area contributed by atoms with Gasteiger partial charge in [-0.2, -0.15) is 0 Å². The second-order valence-electron chi connectivity index (χ2n) is 6.33. The molecule has 0 aromatic heterocycles. The van der Waals surface area contributed by atoms with Gasteiger partial charge in [-0.1, -0.05) is 60.7 Å². The van der Waals surface area contributed by atoms with Crippen molar-refractivity contribution in [3.05, 3.63) is 77.4 Å². The van der Waals surface area contributed by atoms with Gasteiger partial charge in [0, 0.05) is 5.92 Å². The molecule has 0 saturated carbocycles. The van der Waals surface area contributed by atoms with Gasteiger partial charge in [-0.25, -0.2) is 0 Å². The standard InChI is InChI=1S/C24H26O5/c1-25-20-19(21(26-2)23(28-4)24(29-5)22(20)27-3)18(16-12-8-6-9-13-16)17-14-10-7-11-15-17/h6-15,18H,1-5H3. The van der Waals surface area contributed by atoms with Crippen molar-refractivity contribution in [2.75, 3.05) is 35.5 Å². The van der Waals surface area contributed by atoms with E-state index in [1.165, 1.54) is 0 Å². The van der Waals surface area contributed by atoms with Gasteiger partial charge in [0.25, 0.3) is 0 Å². The van der Waals surface area contributed by atoms with Crippen molar-refractivity contribution in [3.8, 4) is 28.7 Å². The molecule has 0 aliphatic heterocycles. The van der Waals surface area contributed by atoms with Crippen molar-refractivity contribution in [2.45, 2.75) is 5.92 Å². The fourth-order valence-corrected chi connectivity index (χ4v) is 3.70. The third kappa shape index (κ3) is 3.68. The Labute approximate surface area is 171 Å². The van der Waals surface area contributed by atoms with E-state index in [0.29, 0.717) is 28.7 Å². The summed E-state index contributed by atoms with van der Waals surface area (Å²) in [6.45, 7) is 0. The molecule has 0 unspecified atom stereocenters. The first-order chi connectivity index (χ1) is 14.2. The smallest absolute Gasteiger partial charge is 0.211 e. The topological polar surface area (TPSA) is 46.2 Å². The summed E-state index contributed by atoms with van der Waals surface area (Å²) in [6.07, 6.45) is 0. The van der Waals surface area contributed by atoms with E-state index in [1.807, 2.05) is 36.4 Å². The molecule has 0 aliphatic carbocycles. The van der Waals surface area contributed by atoms with Gasteiger partial charge < -0.3 is 23.7 Å². The highest BCUT2D eigenvalue weighted by Crippen LogP contribution is 2.57. The number of methoxy groups -OCH3 is 5. The van der Waals surface area contributed by atoms with Crippen LogP contribution in [0.25, 0.3) is 0 Å². The first-order valence-electron chi connectivity index (χ1n) is 9.25. The summed E-state index contributed by atoms with van der Waals surface area (Å²) in [5.41, 5.74) is 2.98. The molecule has 0 atom stereocenters. The van der Waals surface area contributed by atoms with Crippen LogP contribution in [0.1, 0.15) is 22.6 Å². The van der Waals surface area contributed by atoms with Gasteiger partial charge in [-0.05, 0) is 11.1 Å². The minimum atomic E-state index is -0.170. The van der Waals surface area contributed by atoms with Gasteiger partial charge in [-0.3, -0.25) is 0 Å². The van der Waals surface area contributed by atoms with Crippen LogP contribution in [-0.4, -0.2) is 35.5 Å². The Morgan fingerprint density at radius 3 is 1.07 bits per heavy atom. The summed E-state index contributed by atoms with van der Waals surface area (Å²) < 4.78 is 28.6. The third-order valence-corrected chi connectivity index (χ3v) is 4.89. The molecule has 0 N–H and O–H groups in total. The average molecular weight is 394 g/mol. The Bertz CT molecular complexity index is 866. The maximum Gasteiger partial charge on any atom is 0.211 e. The van der Waals surface area contributed by atoms with Gasteiger partial charge in [0.2, 0.25) is 17.2 Å². The third-order valence-electron chi connectivity index (χ3n) is 4.89. The molecular formula is C24H26O5. The maximum absolute atomic E-state index is 5.84. The fraction of sp³-hybridized carbons (Fsp3) is 0.250. The number of benzene rings is 3. The molecule has 0 bridgehead atoms. The van der Waals surface area contributed by atoms with E-state index in [9.17, 15) is 0 Å². The zero-order valence-electron chi connectivity index (χ0n) is 17.4. The zero-order valence-corrected chi connectivity index (χ0v) is 17.4. The predicted molar refractivity (Wildman–Crippen MR) is 113 cm³/mol. The highest BCUT2D eigenvalue weighted by molar-refractivity contribution is 5.73. The Morgan fingerprint density at radius 2 is 0.759 bits per heavy atom. The lowest BCUT2D eigenvalue weighted by molar-refractivity contribution is 0.287. The molecule has 5 heteroatoms. The number of rotatable bonds is 8. The summed E-state index contributed by atoms with van der Waals surface area (Å²) in [5.74, 6) is 2.25. The molecule has 3 aromatic carbocycles. The lowest BCUT2D eigenvalue weighted by Gasteiger charge is -2.27. The summed E-state index contributed by atoms with van der Waals surface area (Å²) in [6, 6.07) is 20.4. The largest absolute Gasteiger partial charge is 0.492 e. The molecule has 152 valence electrons. The fourth-order valence-electron chi connectivity index (χ4n) is 3.70. The monoisotopic (exact) mass is 394 g/mol. The van der Waals surface area contributed by atoms with Crippen LogP contribution in [0.3, 0.4) is 0 Å². The molecule has 5 nitrogen and oxygen atoms in total. The zero-order chi connectivity index (χ0) is 20.8. The quantitative estimate of drug-likeness (QED) is 0.508. The molecule has 0 amide bonds. The van der Waals surface area contributed by atoms with E-state index < -0.39 is 0 Å². The minimum Gasteiger partial charge on any atom is -0.492 e. The van der Waals surface area contributed by atoms with Crippen molar-refractivity contribution in [1.29, 1.82) is 0 Å². The van der Waals surface area contributed by atoms with E-state index in [0.717, 1.165) is 16.7 Å². The SMILES string of the molecule is COc1c(OC)c(OC)c(C(c2ccccc2)c2ccccc2)c(OC)c1OC. The number of hydrogen-bond acceptors (Lipinski definition) is 5. The van der Waals surface area contributed by atoms with Gasteiger partial charge in [0.1, 0.15) is 0 Å². The van der Waals surface area contributed by atoms with E-state index in [2.05, 4.69) is 24.3 Å². The molecule has 3 rings (SSSR count). The first kappa shape index (κ1) is 20.4. The molecule has 0 fully saturated rings. The van der Waals surface area contributed by atoms with Crippen molar-refractivity contribution in [2.24, 2.45) is 0 Å². The van der Waals surface area contributed by atoms with Crippen molar-refractivity contribution < 1.29 is 23.7 Å². The van der Waals surface area contributed by atoms with Crippen molar-refractivity contribution in [1.82, 2.24) is 0 Å². The van der Waals surface area contributed by atoms with Crippen LogP contribution in [-0.2, 0) is 0 Å². The van der Waals surface area contributed by atoms with Crippen molar-refractivity contribution >= 4 is 0 Å². The Hall–Kier alpha value is -3.34. The second kappa shape index (κ2) is 9.24. The van der Waals surface area contributed by atoms with E-state index in [-0.39, 0.29) is 5.92 Å². The number of ether oxygens (including phenoxy) is 5. The van der Waals surface area contributed by atoms with Crippen LogP contribution in [0.4, 0.5) is 0 Å². The Kier molecular flexibility index (Phi) is 6.50. The molecule has 3 aromatic rings. The Morgan fingerprint density at radius 1 is 0.448 bits per heavy atom. The average Bonchev–Trinajstić information content (AvgIpc) is 2.79. The summed E-state index contributed by atoms with van der Waals surface area (Å²) >= 11 is 0. The van der Waals surface area contributed by atoms with Crippen molar-refractivity contribution in [3.63, 3.8) is 0 Å². The second-order valence-corrected chi connectivity index (χ2v) is 6.33. The van der Waals surface area contributed by atoms with Gasteiger partial charge in [0.15, 0.2) is 11.5 Å². The molecule has 0 heterocycles. The Balaban J connectivity index is 2.44. The lowest BCUT2D eigenvalue weighted by atomic mass is 9.83. The van der Waals surface area contributed by atoms with Gasteiger partial charge >= 0.3 is 0 Å². The van der Waals surface area contributed by atoms with Gasteiger partial charge in [-0.15, -0.1) is 0 Å². The van der Waals surface area contributed by atoms with Crippen LogP contribution in [0.2, 0.25) is 0 Å². The normalized spacial score (nSPS) is 10.6. The molecule has 29 heavy (non-hydrogen) atoms. The van der Waals surface area contributed by atoms with E-state index in [4.69, 9.17) is 23.7 Å². The first-order valence-corrected chi connectivity index (χ1v) is 9.25. The molecular weight excluding hydrogens is 368 g/mol. The van der Waals surface area contributed by atoms with E-state index in [1.54, 1.807) is 35.5 Å². The summed E-state index contributed by atoms with van der Waals surface area (Å²) in [7, 11) is 7.94. The van der Waals surface area contributed by atoms with Crippen LogP contribution in [0.5, 0.6) is 28.7 Å². The molecule has 0 radical (unpaired) electrons. The summed E-state index contributed by atoms with van der Waals surface area (Å²) in [4.78, 5) is 0. The maximum atomic E-state index is 5.84. The highest BCUT2D eigenvalue weighted by Gasteiger charge is 2.34. The van der Waals surface area contributed by atoms with Crippen LogP contribution in [0, 0.1) is 0 Å².